The van der Waals surface area contributed by atoms with Crippen LogP contribution in [0, 0.1) is 0 Å². The van der Waals surface area contributed by atoms with Gasteiger partial charge in [0.15, 0.2) is 5.13 Å². The number of nitrogens with zero attached hydrogens (tertiary/aromatic N) is 3. The average Bonchev–Trinajstić information content (AvgIpc) is 2.89. The molecule has 3 rings (SSSR count). The molecule has 1 aliphatic rings. The lowest BCUT2D eigenvalue weighted by atomic mass is 10.1. The Morgan fingerprint density at radius 3 is 2.94 bits per heavy atom. The van der Waals surface area contributed by atoms with Gasteiger partial charge < -0.3 is 10.4 Å². The van der Waals surface area contributed by atoms with Gasteiger partial charge in [-0.15, -0.1) is 11.3 Å². The first-order chi connectivity index (χ1) is 8.74. The van der Waals surface area contributed by atoms with Gasteiger partial charge in [-0.2, -0.15) is 0 Å². The number of nitrogens with one attached hydrogen (secondary N) is 1. The van der Waals surface area contributed by atoms with Crippen LogP contribution in [-0.2, 0) is 11.2 Å². The second-order valence-electron chi connectivity index (χ2n) is 4.01. The average molecular weight is 262 g/mol. The number of carboxylic acid groups (broad SMARTS) is 1. The molecule has 0 saturated heterocycles. The van der Waals surface area contributed by atoms with E-state index < -0.39 is 11.9 Å². The third-order valence-corrected chi connectivity index (χ3v) is 3.87. The fraction of sp³-hybridized carbons (Fsp3) is 0.273. The zero-order valence-corrected chi connectivity index (χ0v) is 10.1. The van der Waals surface area contributed by atoms with Gasteiger partial charge in [0.05, 0.1) is 23.8 Å². The summed E-state index contributed by atoms with van der Waals surface area (Å²) in [6, 6.07) is 0. The maximum Gasteiger partial charge on any atom is 0.312 e. The Morgan fingerprint density at radius 2 is 2.22 bits per heavy atom. The topological polar surface area (TPSA) is 88.0 Å². The van der Waals surface area contributed by atoms with Crippen molar-refractivity contribution in [1.82, 2.24) is 15.0 Å². The second kappa shape index (κ2) is 4.34. The van der Waals surface area contributed by atoms with Crippen LogP contribution in [0.5, 0.6) is 0 Å². The van der Waals surface area contributed by atoms with Crippen molar-refractivity contribution in [2.24, 2.45) is 0 Å². The van der Waals surface area contributed by atoms with Crippen molar-refractivity contribution in [1.29, 1.82) is 0 Å². The van der Waals surface area contributed by atoms with Crippen molar-refractivity contribution < 1.29 is 9.90 Å². The third kappa shape index (κ3) is 1.92. The predicted molar refractivity (Wildman–Crippen MR) is 66.1 cm³/mol. The van der Waals surface area contributed by atoms with Crippen LogP contribution in [0.3, 0.4) is 0 Å². The summed E-state index contributed by atoms with van der Waals surface area (Å²) in [6.07, 6.45) is 6.19. The summed E-state index contributed by atoms with van der Waals surface area (Å²) in [5.74, 6) is -1.26. The van der Waals surface area contributed by atoms with Gasteiger partial charge in [0, 0.05) is 4.88 Å². The molecule has 2 heterocycles. The number of aryl methyl sites for hydroxylation is 1. The molecule has 1 atom stereocenters. The molecule has 18 heavy (non-hydrogen) atoms. The zero-order valence-electron chi connectivity index (χ0n) is 9.33. The predicted octanol–water partition coefficient (Wildman–Crippen LogP) is 1.79. The van der Waals surface area contributed by atoms with E-state index in [4.69, 9.17) is 5.11 Å². The van der Waals surface area contributed by atoms with Crippen molar-refractivity contribution in [3.63, 3.8) is 0 Å². The molecule has 2 aromatic rings. The van der Waals surface area contributed by atoms with E-state index in [0.717, 1.165) is 17.0 Å². The van der Waals surface area contributed by atoms with Crippen molar-refractivity contribution in [3.8, 4) is 0 Å². The van der Waals surface area contributed by atoms with E-state index >= 15 is 0 Å². The minimum Gasteiger partial charge on any atom is -0.481 e. The van der Waals surface area contributed by atoms with E-state index in [0.29, 0.717) is 17.2 Å². The summed E-state index contributed by atoms with van der Waals surface area (Å²) in [5, 5.41) is 12.9. The van der Waals surface area contributed by atoms with Crippen LogP contribution < -0.4 is 5.32 Å². The van der Waals surface area contributed by atoms with Crippen molar-refractivity contribution in [2.45, 2.75) is 18.8 Å². The molecule has 0 aromatic carbocycles. The van der Waals surface area contributed by atoms with Crippen LogP contribution in [0.25, 0.3) is 0 Å². The number of thiazole rings is 1. The maximum atomic E-state index is 11.1. The minimum absolute atomic E-state index is 0.459. The number of carboxylic acids is 1. The number of anilines is 2. The van der Waals surface area contributed by atoms with Gasteiger partial charge in [0.2, 0.25) is 0 Å². The maximum absolute atomic E-state index is 11.1. The lowest BCUT2D eigenvalue weighted by molar-refractivity contribution is -0.138. The van der Waals surface area contributed by atoms with E-state index in [-0.39, 0.29) is 0 Å². The number of carbonyl (C=O) groups is 1. The fourth-order valence-electron chi connectivity index (χ4n) is 2.01. The molecule has 2 aromatic heterocycles. The summed E-state index contributed by atoms with van der Waals surface area (Å²) in [7, 11) is 0. The van der Waals surface area contributed by atoms with E-state index in [9.17, 15) is 4.79 Å². The van der Waals surface area contributed by atoms with Gasteiger partial charge in [-0.05, 0) is 12.8 Å². The Morgan fingerprint density at radius 1 is 1.44 bits per heavy atom. The van der Waals surface area contributed by atoms with E-state index in [2.05, 4.69) is 20.3 Å². The summed E-state index contributed by atoms with van der Waals surface area (Å²) in [4.78, 5) is 24.3. The normalized spacial score (nSPS) is 17.4. The Balaban J connectivity index is 1.84. The quantitative estimate of drug-likeness (QED) is 0.876. The van der Waals surface area contributed by atoms with E-state index in [1.165, 1.54) is 17.7 Å². The standard InChI is InChI=1S/C11H10N4O2S/c16-10(17)7-1-2-8-9(7)15-11(18-8)14-6-3-12-5-13-4-6/h3-5,7H,1-2H2,(H,14,15)(H,16,17). The summed E-state index contributed by atoms with van der Waals surface area (Å²) in [5.41, 5.74) is 1.45. The molecule has 0 saturated carbocycles. The number of hydrogen-bond acceptors (Lipinski definition) is 6. The molecule has 0 spiro atoms. The van der Waals surface area contributed by atoms with Crippen molar-refractivity contribution in [3.05, 3.63) is 29.3 Å². The fourth-order valence-corrected chi connectivity index (χ4v) is 3.07. The van der Waals surface area contributed by atoms with Gasteiger partial charge in [-0.3, -0.25) is 4.79 Å². The Hall–Kier alpha value is -2.02. The second-order valence-corrected chi connectivity index (χ2v) is 5.09. The van der Waals surface area contributed by atoms with Gasteiger partial charge in [0.1, 0.15) is 12.2 Å². The minimum atomic E-state index is -0.798. The molecule has 0 amide bonds. The molecule has 2 N–H and O–H groups in total. The lowest BCUT2D eigenvalue weighted by Gasteiger charge is -2.02. The smallest absolute Gasteiger partial charge is 0.312 e. The molecule has 0 bridgehead atoms. The van der Waals surface area contributed by atoms with Gasteiger partial charge in [-0.1, -0.05) is 0 Å². The molecule has 0 fully saturated rings. The summed E-state index contributed by atoms with van der Waals surface area (Å²) >= 11 is 1.50. The summed E-state index contributed by atoms with van der Waals surface area (Å²) in [6.45, 7) is 0. The van der Waals surface area contributed by atoms with Gasteiger partial charge >= 0.3 is 5.97 Å². The Bertz CT molecular complexity index is 584. The Labute approximate surface area is 107 Å². The first-order valence-corrected chi connectivity index (χ1v) is 6.30. The molecular formula is C11H10N4O2S. The number of rotatable bonds is 3. The van der Waals surface area contributed by atoms with Gasteiger partial charge in [-0.25, -0.2) is 15.0 Å². The van der Waals surface area contributed by atoms with Crippen LogP contribution in [0.2, 0.25) is 0 Å². The van der Waals surface area contributed by atoms with Crippen LogP contribution in [-0.4, -0.2) is 26.0 Å². The summed E-state index contributed by atoms with van der Waals surface area (Å²) < 4.78 is 0. The highest BCUT2D eigenvalue weighted by Crippen LogP contribution is 2.38. The zero-order chi connectivity index (χ0) is 12.5. The Kier molecular flexibility index (Phi) is 2.67. The van der Waals surface area contributed by atoms with Crippen LogP contribution >= 0.6 is 11.3 Å². The lowest BCUT2D eigenvalue weighted by Crippen LogP contribution is -2.08. The van der Waals surface area contributed by atoms with Crippen molar-refractivity contribution >= 4 is 28.1 Å². The highest BCUT2D eigenvalue weighted by Gasteiger charge is 2.32. The van der Waals surface area contributed by atoms with Gasteiger partial charge in [0.25, 0.3) is 0 Å². The molecule has 0 radical (unpaired) electrons. The first kappa shape index (κ1) is 11.1. The van der Waals surface area contributed by atoms with Crippen LogP contribution in [0.15, 0.2) is 18.7 Å². The number of aromatic nitrogens is 3. The van der Waals surface area contributed by atoms with Crippen LogP contribution in [0.4, 0.5) is 10.8 Å². The molecule has 0 aliphatic heterocycles. The highest BCUT2D eigenvalue weighted by molar-refractivity contribution is 7.15. The highest BCUT2D eigenvalue weighted by atomic mass is 32.1. The third-order valence-electron chi connectivity index (χ3n) is 2.83. The molecule has 92 valence electrons. The number of fused-ring (bicyclic) bond motifs is 1. The van der Waals surface area contributed by atoms with E-state index in [1.807, 2.05) is 0 Å². The molecule has 6 nitrogen and oxygen atoms in total. The largest absolute Gasteiger partial charge is 0.481 e. The molecule has 7 heteroatoms. The molecule has 1 unspecified atom stereocenters. The van der Waals surface area contributed by atoms with Crippen LogP contribution in [0.1, 0.15) is 22.9 Å². The molecule has 1 aliphatic carbocycles. The SMILES string of the molecule is O=C(O)C1CCc2sc(Nc3cncnc3)nc21. The van der Waals surface area contributed by atoms with E-state index in [1.54, 1.807) is 12.4 Å². The number of aliphatic carboxylic acids is 1. The first-order valence-electron chi connectivity index (χ1n) is 5.48. The van der Waals surface area contributed by atoms with Crippen molar-refractivity contribution in [2.75, 3.05) is 5.32 Å². The monoisotopic (exact) mass is 262 g/mol. The number of hydrogen-bond donors (Lipinski definition) is 2. The molecular weight excluding hydrogens is 252 g/mol.